The smallest absolute Gasteiger partial charge is 0.233 e. The summed E-state index contributed by atoms with van der Waals surface area (Å²) >= 11 is 0. The Morgan fingerprint density at radius 2 is 1.88 bits per heavy atom. The fourth-order valence-corrected chi connectivity index (χ4v) is 3.83. The van der Waals surface area contributed by atoms with Gasteiger partial charge in [-0.05, 0) is 37.8 Å². The molecule has 0 aromatic heterocycles. The standard InChI is InChI=1S/C19H28N4O2/c1-13-7-9-14(10-8-13)20-18(24)11-19(25)23(2)12-17-15-5-3-4-6-16(15)21-22-17/h7-10,15-17,21-22H,3-6,11-12H2,1-2H3,(H,20,24). The van der Waals surface area contributed by atoms with Crippen LogP contribution in [0.25, 0.3) is 0 Å². The van der Waals surface area contributed by atoms with Gasteiger partial charge >= 0.3 is 0 Å². The normalized spacial score (nSPS) is 25.3. The maximum absolute atomic E-state index is 12.4. The van der Waals surface area contributed by atoms with Crippen LogP contribution in [0.2, 0.25) is 0 Å². The maximum Gasteiger partial charge on any atom is 0.233 e. The molecule has 1 saturated heterocycles. The number of nitrogens with zero attached hydrogens (tertiary/aromatic N) is 1. The molecule has 0 radical (unpaired) electrons. The van der Waals surface area contributed by atoms with Gasteiger partial charge in [0, 0.05) is 31.4 Å². The highest BCUT2D eigenvalue weighted by Gasteiger charge is 2.37. The number of carbonyl (C=O) groups excluding carboxylic acids is 2. The lowest BCUT2D eigenvalue weighted by Gasteiger charge is -2.29. The van der Waals surface area contributed by atoms with Crippen LogP contribution >= 0.6 is 0 Å². The lowest BCUT2D eigenvalue weighted by molar-refractivity contribution is -0.133. The third kappa shape index (κ3) is 4.58. The van der Waals surface area contributed by atoms with E-state index in [1.807, 2.05) is 31.2 Å². The summed E-state index contributed by atoms with van der Waals surface area (Å²) in [6.07, 6.45) is 4.81. The van der Waals surface area contributed by atoms with E-state index in [2.05, 4.69) is 16.2 Å². The van der Waals surface area contributed by atoms with Crippen LogP contribution in [0.5, 0.6) is 0 Å². The zero-order valence-electron chi connectivity index (χ0n) is 15.0. The summed E-state index contributed by atoms with van der Waals surface area (Å²) in [4.78, 5) is 26.1. The summed E-state index contributed by atoms with van der Waals surface area (Å²) in [5.74, 6) is 0.157. The van der Waals surface area contributed by atoms with Gasteiger partial charge in [0.05, 0.1) is 0 Å². The van der Waals surface area contributed by atoms with E-state index in [1.165, 1.54) is 25.7 Å². The molecule has 1 saturated carbocycles. The van der Waals surface area contributed by atoms with Crippen LogP contribution in [-0.4, -0.2) is 42.4 Å². The summed E-state index contributed by atoms with van der Waals surface area (Å²) in [5.41, 5.74) is 8.55. The summed E-state index contributed by atoms with van der Waals surface area (Å²) in [5, 5.41) is 2.78. The molecular formula is C19H28N4O2. The summed E-state index contributed by atoms with van der Waals surface area (Å²) in [6.45, 7) is 2.62. The van der Waals surface area contributed by atoms with Gasteiger partial charge in [-0.25, -0.2) is 0 Å². The van der Waals surface area contributed by atoms with Crippen LogP contribution in [0, 0.1) is 12.8 Å². The number of anilines is 1. The van der Waals surface area contributed by atoms with E-state index in [0.29, 0.717) is 18.5 Å². The van der Waals surface area contributed by atoms with Gasteiger partial charge in [0.25, 0.3) is 0 Å². The van der Waals surface area contributed by atoms with Gasteiger partial charge < -0.3 is 10.2 Å². The molecule has 3 N–H and O–H groups in total. The maximum atomic E-state index is 12.4. The molecule has 1 aromatic carbocycles. The minimum atomic E-state index is -0.270. The van der Waals surface area contributed by atoms with Crippen molar-refractivity contribution in [3.05, 3.63) is 29.8 Å². The van der Waals surface area contributed by atoms with Crippen molar-refractivity contribution in [1.82, 2.24) is 15.8 Å². The van der Waals surface area contributed by atoms with E-state index in [1.54, 1.807) is 11.9 Å². The van der Waals surface area contributed by atoms with E-state index in [0.717, 1.165) is 11.3 Å². The van der Waals surface area contributed by atoms with Crippen molar-refractivity contribution in [3.63, 3.8) is 0 Å². The predicted octanol–water partition coefficient (Wildman–Crippen LogP) is 1.82. The molecule has 2 amide bonds. The van der Waals surface area contributed by atoms with Gasteiger partial charge in [-0.15, -0.1) is 0 Å². The SMILES string of the molecule is Cc1ccc(NC(=O)CC(=O)N(C)CC2NNC3CCCCC32)cc1. The number of aryl methyl sites for hydroxylation is 1. The quantitative estimate of drug-likeness (QED) is 0.713. The second kappa shape index (κ2) is 7.97. The van der Waals surface area contributed by atoms with Crippen molar-refractivity contribution >= 4 is 17.5 Å². The van der Waals surface area contributed by atoms with Gasteiger partial charge in [0.15, 0.2) is 0 Å². The fourth-order valence-electron chi connectivity index (χ4n) is 3.83. The van der Waals surface area contributed by atoms with Crippen molar-refractivity contribution in [3.8, 4) is 0 Å². The first-order valence-electron chi connectivity index (χ1n) is 9.14. The van der Waals surface area contributed by atoms with Gasteiger partial charge in [-0.2, -0.15) is 0 Å². The van der Waals surface area contributed by atoms with Crippen molar-refractivity contribution < 1.29 is 9.59 Å². The van der Waals surface area contributed by atoms with E-state index >= 15 is 0 Å². The van der Waals surface area contributed by atoms with Gasteiger partial charge in [0.1, 0.15) is 6.42 Å². The second-order valence-corrected chi connectivity index (χ2v) is 7.32. The highest BCUT2D eigenvalue weighted by Crippen LogP contribution is 2.30. The Balaban J connectivity index is 1.47. The molecule has 136 valence electrons. The average molecular weight is 344 g/mol. The van der Waals surface area contributed by atoms with Gasteiger partial charge in [0.2, 0.25) is 11.8 Å². The molecule has 1 aliphatic heterocycles. The summed E-state index contributed by atoms with van der Waals surface area (Å²) in [6, 6.07) is 8.34. The van der Waals surface area contributed by atoms with Crippen LogP contribution in [0.1, 0.15) is 37.7 Å². The molecule has 0 bridgehead atoms. The number of rotatable bonds is 5. The number of fused-ring (bicyclic) bond motifs is 1. The zero-order chi connectivity index (χ0) is 17.8. The molecule has 6 nitrogen and oxygen atoms in total. The first kappa shape index (κ1) is 17.9. The average Bonchev–Trinajstić information content (AvgIpc) is 3.00. The predicted molar refractivity (Wildman–Crippen MR) is 97.9 cm³/mol. The zero-order valence-corrected chi connectivity index (χ0v) is 15.0. The Labute approximate surface area is 149 Å². The van der Waals surface area contributed by atoms with Crippen LogP contribution in [-0.2, 0) is 9.59 Å². The number of benzene rings is 1. The van der Waals surface area contributed by atoms with Crippen molar-refractivity contribution in [2.24, 2.45) is 5.92 Å². The van der Waals surface area contributed by atoms with Crippen molar-refractivity contribution in [2.45, 2.75) is 51.1 Å². The highest BCUT2D eigenvalue weighted by molar-refractivity contribution is 6.03. The Bertz CT molecular complexity index is 616. The third-order valence-electron chi connectivity index (χ3n) is 5.33. The Hall–Kier alpha value is -1.92. The number of hydrazine groups is 1. The van der Waals surface area contributed by atoms with Crippen LogP contribution < -0.4 is 16.2 Å². The molecule has 25 heavy (non-hydrogen) atoms. The number of carbonyl (C=O) groups is 2. The number of hydrogen-bond acceptors (Lipinski definition) is 4. The van der Waals surface area contributed by atoms with Gasteiger partial charge in [-0.1, -0.05) is 30.5 Å². The van der Waals surface area contributed by atoms with E-state index in [9.17, 15) is 9.59 Å². The Morgan fingerprint density at radius 3 is 2.64 bits per heavy atom. The van der Waals surface area contributed by atoms with Gasteiger partial charge in [-0.3, -0.25) is 20.4 Å². The first-order valence-corrected chi connectivity index (χ1v) is 9.14. The molecule has 1 heterocycles. The van der Waals surface area contributed by atoms with Crippen LogP contribution in [0.15, 0.2) is 24.3 Å². The molecule has 2 fully saturated rings. The molecule has 6 heteroatoms. The highest BCUT2D eigenvalue weighted by atomic mass is 16.2. The molecule has 3 atom stereocenters. The van der Waals surface area contributed by atoms with E-state index < -0.39 is 0 Å². The monoisotopic (exact) mass is 344 g/mol. The van der Waals surface area contributed by atoms with Crippen molar-refractivity contribution in [2.75, 3.05) is 18.9 Å². The van der Waals surface area contributed by atoms with Crippen LogP contribution in [0.4, 0.5) is 5.69 Å². The summed E-state index contributed by atoms with van der Waals surface area (Å²) < 4.78 is 0. The summed E-state index contributed by atoms with van der Waals surface area (Å²) in [7, 11) is 1.78. The third-order valence-corrected chi connectivity index (χ3v) is 5.33. The molecule has 3 rings (SSSR count). The number of amides is 2. The molecule has 2 aliphatic rings. The number of nitrogens with one attached hydrogen (secondary N) is 3. The molecule has 1 aromatic rings. The Kier molecular flexibility index (Phi) is 5.71. The second-order valence-electron chi connectivity index (χ2n) is 7.32. The number of likely N-dealkylation sites (N-methyl/N-ethyl adjacent to an activating group) is 1. The topological polar surface area (TPSA) is 73.5 Å². The Morgan fingerprint density at radius 1 is 1.16 bits per heavy atom. The first-order chi connectivity index (χ1) is 12.0. The lowest BCUT2D eigenvalue weighted by Crippen LogP contribution is -2.44. The molecule has 1 aliphatic carbocycles. The lowest BCUT2D eigenvalue weighted by atomic mass is 9.81. The van der Waals surface area contributed by atoms with Crippen LogP contribution in [0.3, 0.4) is 0 Å². The van der Waals surface area contributed by atoms with E-state index in [-0.39, 0.29) is 24.3 Å². The minimum Gasteiger partial charge on any atom is -0.344 e. The molecular weight excluding hydrogens is 316 g/mol. The largest absolute Gasteiger partial charge is 0.344 e. The molecule has 3 unspecified atom stereocenters. The number of hydrogen-bond donors (Lipinski definition) is 3. The van der Waals surface area contributed by atoms with E-state index in [4.69, 9.17) is 0 Å². The minimum absolute atomic E-state index is 0.126. The fraction of sp³-hybridized carbons (Fsp3) is 0.579. The van der Waals surface area contributed by atoms with Crippen molar-refractivity contribution in [1.29, 1.82) is 0 Å². The molecule has 0 spiro atoms.